The molecule has 0 radical (unpaired) electrons. The number of nitrogens with zero attached hydrogens (tertiary/aromatic N) is 2. The Hall–Kier alpha value is 0.280. The molecule has 2 heterocycles. The van der Waals surface area contributed by atoms with E-state index in [1.807, 2.05) is 0 Å². The van der Waals surface area contributed by atoms with E-state index >= 15 is 0 Å². The van der Waals surface area contributed by atoms with Crippen LogP contribution in [0.1, 0.15) is 0 Å². The van der Waals surface area contributed by atoms with Crippen molar-refractivity contribution in [3.63, 3.8) is 0 Å². The molecule has 0 saturated carbocycles. The maximum absolute atomic E-state index is 11.9. The first-order chi connectivity index (χ1) is 8.16. The van der Waals surface area contributed by atoms with E-state index in [9.17, 15) is 4.57 Å². The summed E-state index contributed by atoms with van der Waals surface area (Å²) in [6, 6.07) is 0. The zero-order valence-electron chi connectivity index (χ0n) is 9.42. The molecule has 2 aliphatic rings. The summed E-state index contributed by atoms with van der Waals surface area (Å²) in [5.74, 6) is 0. The molecule has 0 unspecified atom stereocenters. The van der Waals surface area contributed by atoms with Crippen molar-refractivity contribution in [3.05, 3.63) is 0 Å². The van der Waals surface area contributed by atoms with E-state index in [0.29, 0.717) is 52.6 Å². The molecule has 2 saturated heterocycles. The van der Waals surface area contributed by atoms with Crippen molar-refractivity contribution in [1.29, 1.82) is 0 Å². The van der Waals surface area contributed by atoms with Crippen LogP contribution < -0.4 is 0 Å². The van der Waals surface area contributed by atoms with Crippen molar-refractivity contribution in [2.45, 2.75) is 0 Å². The molecule has 2 rings (SSSR count). The Labute approximate surface area is 105 Å². The summed E-state index contributed by atoms with van der Waals surface area (Å²) in [5.41, 5.74) is 0. The standard InChI is InChI=1S/C8H16ClN2O5P/c9-17(12,15-10-1-5-13-6-2-10)16-11-3-7-14-8-4-11/h1-8H2. The van der Waals surface area contributed by atoms with E-state index in [1.54, 1.807) is 0 Å². The molecular weight excluding hydrogens is 271 g/mol. The molecule has 0 amide bonds. The van der Waals surface area contributed by atoms with Crippen LogP contribution in [0.5, 0.6) is 0 Å². The van der Waals surface area contributed by atoms with Gasteiger partial charge in [-0.3, -0.25) is 0 Å². The molecule has 0 aromatic rings. The second-order valence-corrected chi connectivity index (χ2v) is 6.11. The highest BCUT2D eigenvalue weighted by Gasteiger charge is 2.30. The molecule has 0 spiro atoms. The van der Waals surface area contributed by atoms with E-state index < -0.39 is 6.95 Å². The van der Waals surface area contributed by atoms with Crippen molar-refractivity contribution in [2.75, 3.05) is 52.6 Å². The fourth-order valence-electron chi connectivity index (χ4n) is 1.55. The third-order valence-electron chi connectivity index (χ3n) is 2.37. The first-order valence-electron chi connectivity index (χ1n) is 5.50. The Morgan fingerprint density at radius 1 is 0.882 bits per heavy atom. The second kappa shape index (κ2) is 6.45. The minimum Gasteiger partial charge on any atom is -0.379 e. The molecule has 9 heteroatoms. The van der Waals surface area contributed by atoms with E-state index in [2.05, 4.69) is 0 Å². The van der Waals surface area contributed by atoms with Crippen LogP contribution >= 0.6 is 18.2 Å². The first kappa shape index (κ1) is 13.7. The Morgan fingerprint density at radius 2 is 1.24 bits per heavy atom. The Kier molecular flexibility index (Phi) is 5.20. The summed E-state index contributed by atoms with van der Waals surface area (Å²) in [5, 5.41) is 3.02. The van der Waals surface area contributed by atoms with Crippen LogP contribution in [-0.2, 0) is 23.3 Å². The number of rotatable bonds is 4. The summed E-state index contributed by atoms with van der Waals surface area (Å²) in [6.45, 7) is 0.652. The van der Waals surface area contributed by atoms with Gasteiger partial charge in [-0.25, -0.2) is 13.8 Å². The number of ether oxygens (including phenoxy) is 2. The largest absolute Gasteiger partial charge is 0.457 e. The van der Waals surface area contributed by atoms with Crippen molar-refractivity contribution in [1.82, 2.24) is 10.1 Å². The fourth-order valence-corrected chi connectivity index (χ4v) is 2.98. The molecule has 0 bridgehead atoms. The maximum atomic E-state index is 11.9. The van der Waals surface area contributed by atoms with Gasteiger partial charge in [0.05, 0.1) is 26.4 Å². The maximum Gasteiger partial charge on any atom is 0.457 e. The molecule has 0 atom stereocenters. The number of hydroxylamine groups is 4. The highest BCUT2D eigenvalue weighted by Crippen LogP contribution is 2.55. The van der Waals surface area contributed by atoms with Gasteiger partial charge in [0.2, 0.25) is 0 Å². The Balaban J connectivity index is 1.78. The molecule has 0 aromatic heterocycles. The first-order valence-corrected chi connectivity index (χ1v) is 7.95. The van der Waals surface area contributed by atoms with Gasteiger partial charge >= 0.3 is 6.95 Å². The SMILES string of the molecule is O=P(Cl)(ON1CCOCC1)ON1CCOCC1. The number of hydrogen-bond donors (Lipinski definition) is 0. The summed E-state index contributed by atoms with van der Waals surface area (Å²) in [6.07, 6.45) is 0. The normalized spacial score (nSPS) is 25.0. The molecule has 0 N–H and O–H groups in total. The molecule has 2 aliphatic heterocycles. The summed E-state index contributed by atoms with van der Waals surface area (Å²) >= 11 is 5.75. The van der Waals surface area contributed by atoms with Gasteiger partial charge in [0.25, 0.3) is 0 Å². The number of hydrogen-bond acceptors (Lipinski definition) is 7. The van der Waals surface area contributed by atoms with Crippen molar-refractivity contribution in [2.24, 2.45) is 0 Å². The van der Waals surface area contributed by atoms with Crippen LogP contribution in [0.3, 0.4) is 0 Å². The van der Waals surface area contributed by atoms with E-state index in [1.165, 1.54) is 10.1 Å². The topological polar surface area (TPSA) is 60.5 Å². The number of halogens is 1. The van der Waals surface area contributed by atoms with Crippen LogP contribution in [0.15, 0.2) is 0 Å². The quantitative estimate of drug-likeness (QED) is 0.710. The molecule has 17 heavy (non-hydrogen) atoms. The predicted molar refractivity (Wildman–Crippen MR) is 60.4 cm³/mol. The molecule has 2 fully saturated rings. The highest BCUT2D eigenvalue weighted by molar-refractivity contribution is 7.81. The van der Waals surface area contributed by atoms with Gasteiger partial charge in [-0.15, -0.1) is 0 Å². The number of morpholine rings is 2. The minimum absolute atomic E-state index is 0.531. The summed E-state index contributed by atoms with van der Waals surface area (Å²) in [4.78, 5) is 0. The van der Waals surface area contributed by atoms with E-state index in [-0.39, 0.29) is 0 Å². The van der Waals surface area contributed by atoms with Crippen molar-refractivity contribution < 1.29 is 23.3 Å². The monoisotopic (exact) mass is 286 g/mol. The Bertz CT molecular complexity index is 259. The van der Waals surface area contributed by atoms with Gasteiger partial charge in [0, 0.05) is 37.4 Å². The van der Waals surface area contributed by atoms with Crippen LogP contribution in [0.4, 0.5) is 0 Å². The lowest BCUT2D eigenvalue weighted by atomic mass is 10.5. The van der Waals surface area contributed by atoms with Crippen molar-refractivity contribution >= 4 is 18.2 Å². The van der Waals surface area contributed by atoms with Gasteiger partial charge in [-0.05, 0) is 0 Å². The fraction of sp³-hybridized carbons (Fsp3) is 1.00. The van der Waals surface area contributed by atoms with Crippen LogP contribution in [0, 0.1) is 0 Å². The lowest BCUT2D eigenvalue weighted by Crippen LogP contribution is -2.38. The highest BCUT2D eigenvalue weighted by atomic mass is 35.7. The van der Waals surface area contributed by atoms with Gasteiger partial charge < -0.3 is 9.47 Å². The van der Waals surface area contributed by atoms with Crippen LogP contribution in [0.25, 0.3) is 0 Å². The zero-order chi connectivity index (χ0) is 12.1. The van der Waals surface area contributed by atoms with Crippen molar-refractivity contribution in [3.8, 4) is 0 Å². The molecule has 7 nitrogen and oxygen atoms in total. The summed E-state index contributed by atoms with van der Waals surface area (Å²) < 4.78 is 32.5. The predicted octanol–water partition coefficient (Wildman–Crippen LogP) is 0.861. The molecule has 0 aromatic carbocycles. The van der Waals surface area contributed by atoms with E-state index in [0.717, 1.165) is 0 Å². The molecule has 0 aliphatic carbocycles. The summed E-state index contributed by atoms with van der Waals surface area (Å²) in [7, 11) is 0. The third kappa shape index (κ3) is 4.81. The molecular formula is C8H16ClN2O5P. The zero-order valence-corrected chi connectivity index (χ0v) is 11.1. The Morgan fingerprint density at radius 3 is 1.59 bits per heavy atom. The van der Waals surface area contributed by atoms with Gasteiger partial charge in [-0.1, -0.05) is 0 Å². The average molecular weight is 287 g/mol. The molecule has 100 valence electrons. The smallest absolute Gasteiger partial charge is 0.379 e. The van der Waals surface area contributed by atoms with Gasteiger partial charge in [0.15, 0.2) is 0 Å². The third-order valence-corrected chi connectivity index (χ3v) is 3.59. The average Bonchev–Trinajstić information content (AvgIpc) is 2.30. The van der Waals surface area contributed by atoms with Crippen LogP contribution in [-0.4, -0.2) is 62.7 Å². The lowest BCUT2D eigenvalue weighted by molar-refractivity contribution is -0.161. The minimum atomic E-state index is -3.62. The van der Waals surface area contributed by atoms with E-state index in [4.69, 9.17) is 30.0 Å². The second-order valence-electron chi connectivity index (χ2n) is 3.68. The van der Waals surface area contributed by atoms with Gasteiger partial charge in [0.1, 0.15) is 0 Å². The van der Waals surface area contributed by atoms with Crippen LogP contribution in [0.2, 0.25) is 0 Å². The van der Waals surface area contributed by atoms with Gasteiger partial charge in [-0.2, -0.15) is 10.1 Å². The lowest BCUT2D eigenvalue weighted by Gasteiger charge is -2.30.